The Bertz CT molecular complexity index is 324. The first kappa shape index (κ1) is 10.0. The summed E-state index contributed by atoms with van der Waals surface area (Å²) in [5, 5.41) is 1.83. The van der Waals surface area contributed by atoms with E-state index in [9.17, 15) is 4.79 Å². The molecule has 0 atom stereocenters. The lowest BCUT2D eigenvalue weighted by molar-refractivity contribution is 0.0124. The van der Waals surface area contributed by atoms with Gasteiger partial charge in [0, 0.05) is 19.3 Å². The van der Waals surface area contributed by atoms with Crippen LogP contribution in [0.4, 0.5) is 0 Å². The summed E-state index contributed by atoms with van der Waals surface area (Å²) < 4.78 is 5.17. The van der Waals surface area contributed by atoms with Crippen LogP contribution in [0.15, 0.2) is 18.6 Å². The number of ether oxygens (including phenoxy) is 1. The topological polar surface area (TPSA) is 67.4 Å². The second kappa shape index (κ2) is 4.81. The smallest absolute Gasteiger partial charge is 0.284 e. The Morgan fingerprint density at radius 2 is 2.27 bits per heavy atom. The number of nitrogens with zero attached hydrogens (tertiary/aromatic N) is 3. The minimum Gasteiger partial charge on any atom is -0.379 e. The monoisotopic (exact) mass is 208 g/mol. The zero-order valence-electron chi connectivity index (χ0n) is 8.22. The number of morpholine rings is 1. The van der Waals surface area contributed by atoms with Gasteiger partial charge in [-0.25, -0.2) is 15.0 Å². The average Bonchev–Trinajstić information content (AvgIpc) is 2.31. The number of rotatable bonds is 2. The third-order valence-electron chi connectivity index (χ3n) is 2.09. The number of hydrogen-bond donors (Lipinski definition) is 1. The van der Waals surface area contributed by atoms with Crippen LogP contribution in [0.2, 0.25) is 0 Å². The average molecular weight is 208 g/mol. The Balaban J connectivity index is 1.91. The summed E-state index contributed by atoms with van der Waals surface area (Å²) in [7, 11) is 0. The van der Waals surface area contributed by atoms with Crippen LogP contribution in [0.5, 0.6) is 0 Å². The predicted molar refractivity (Wildman–Crippen MR) is 51.9 cm³/mol. The maximum atomic E-state index is 11.6. The fourth-order valence-electron chi connectivity index (χ4n) is 1.30. The van der Waals surface area contributed by atoms with Crippen molar-refractivity contribution in [3.05, 3.63) is 24.3 Å². The highest BCUT2D eigenvalue weighted by Gasteiger charge is 2.14. The van der Waals surface area contributed by atoms with Crippen LogP contribution in [-0.2, 0) is 4.74 Å². The molecule has 2 heterocycles. The number of aromatic nitrogens is 2. The summed E-state index contributed by atoms with van der Waals surface area (Å²) in [4.78, 5) is 19.2. The molecular formula is C9H12N4O2. The number of nitrogens with one attached hydrogen (secondary N) is 1. The van der Waals surface area contributed by atoms with E-state index in [0.717, 1.165) is 0 Å². The van der Waals surface area contributed by atoms with Crippen LogP contribution < -0.4 is 5.43 Å². The molecule has 1 aliphatic rings. The molecule has 0 unspecified atom stereocenters. The van der Waals surface area contributed by atoms with Gasteiger partial charge in [-0.2, -0.15) is 0 Å². The van der Waals surface area contributed by atoms with Crippen molar-refractivity contribution in [3.63, 3.8) is 0 Å². The van der Waals surface area contributed by atoms with Crippen LogP contribution in [0.3, 0.4) is 0 Å². The number of hydrogen-bond acceptors (Lipinski definition) is 5. The lowest BCUT2D eigenvalue weighted by Gasteiger charge is -2.26. The van der Waals surface area contributed by atoms with Crippen molar-refractivity contribution in [2.24, 2.45) is 0 Å². The maximum Gasteiger partial charge on any atom is 0.284 e. The molecule has 1 aromatic rings. The molecule has 80 valence electrons. The van der Waals surface area contributed by atoms with Crippen molar-refractivity contribution in [2.45, 2.75) is 0 Å². The number of amides is 1. The summed E-state index contributed by atoms with van der Waals surface area (Å²) in [6.45, 7) is 2.70. The standard InChI is InChI=1S/C9H12N4O2/c14-9(8-1-2-10-7-11-8)12-13-3-5-15-6-4-13/h1-2,7H,3-6H2,(H,12,14). The summed E-state index contributed by atoms with van der Waals surface area (Å²) in [6.07, 6.45) is 2.90. The van der Waals surface area contributed by atoms with Gasteiger partial charge in [0.05, 0.1) is 13.2 Å². The summed E-state index contributed by atoms with van der Waals surface area (Å²) in [6, 6.07) is 1.58. The highest BCUT2D eigenvalue weighted by molar-refractivity contribution is 5.91. The Labute approximate surface area is 87.2 Å². The molecule has 1 aliphatic heterocycles. The van der Waals surface area contributed by atoms with Crippen molar-refractivity contribution in [1.29, 1.82) is 0 Å². The number of carbonyl (C=O) groups excluding carboxylic acids is 1. The van der Waals surface area contributed by atoms with E-state index >= 15 is 0 Å². The molecule has 0 aliphatic carbocycles. The van der Waals surface area contributed by atoms with Crippen molar-refractivity contribution in [2.75, 3.05) is 26.3 Å². The molecule has 1 aromatic heterocycles. The maximum absolute atomic E-state index is 11.6. The van der Waals surface area contributed by atoms with E-state index < -0.39 is 0 Å². The molecule has 1 saturated heterocycles. The summed E-state index contributed by atoms with van der Waals surface area (Å²) in [5.41, 5.74) is 3.13. The molecule has 0 radical (unpaired) electrons. The van der Waals surface area contributed by atoms with Crippen LogP contribution >= 0.6 is 0 Å². The van der Waals surface area contributed by atoms with Crippen LogP contribution in [0.1, 0.15) is 10.5 Å². The third-order valence-corrected chi connectivity index (χ3v) is 2.09. The molecule has 15 heavy (non-hydrogen) atoms. The Morgan fingerprint density at radius 3 is 2.93 bits per heavy atom. The second-order valence-corrected chi connectivity index (χ2v) is 3.13. The van der Waals surface area contributed by atoms with Gasteiger partial charge in [-0.3, -0.25) is 10.2 Å². The lowest BCUT2D eigenvalue weighted by atomic mass is 10.4. The molecule has 6 nitrogen and oxygen atoms in total. The molecule has 0 saturated carbocycles. The van der Waals surface area contributed by atoms with Gasteiger partial charge < -0.3 is 4.74 Å². The normalized spacial score (nSPS) is 17.3. The summed E-state index contributed by atoms with van der Waals surface area (Å²) >= 11 is 0. The highest BCUT2D eigenvalue weighted by atomic mass is 16.5. The van der Waals surface area contributed by atoms with E-state index in [2.05, 4.69) is 15.4 Å². The Kier molecular flexibility index (Phi) is 3.21. The van der Waals surface area contributed by atoms with Gasteiger partial charge in [0.25, 0.3) is 5.91 Å². The minimum atomic E-state index is -0.209. The van der Waals surface area contributed by atoms with E-state index in [-0.39, 0.29) is 5.91 Å². The van der Waals surface area contributed by atoms with E-state index in [1.807, 2.05) is 5.01 Å². The van der Waals surface area contributed by atoms with Crippen LogP contribution in [0, 0.1) is 0 Å². The quantitative estimate of drug-likeness (QED) is 0.706. The fraction of sp³-hybridized carbons (Fsp3) is 0.444. The van der Waals surface area contributed by atoms with Gasteiger partial charge in [-0.1, -0.05) is 0 Å². The first-order valence-corrected chi connectivity index (χ1v) is 4.76. The first-order valence-electron chi connectivity index (χ1n) is 4.76. The Morgan fingerprint density at radius 1 is 1.47 bits per heavy atom. The molecule has 2 rings (SSSR count). The number of carbonyl (C=O) groups is 1. The second-order valence-electron chi connectivity index (χ2n) is 3.13. The van der Waals surface area contributed by atoms with E-state index in [4.69, 9.17) is 4.74 Å². The zero-order chi connectivity index (χ0) is 10.5. The third kappa shape index (κ3) is 2.71. The van der Waals surface area contributed by atoms with Gasteiger partial charge in [-0.05, 0) is 6.07 Å². The van der Waals surface area contributed by atoms with Crippen molar-refractivity contribution in [1.82, 2.24) is 20.4 Å². The predicted octanol–water partition coefficient (Wildman–Crippen LogP) is -0.546. The van der Waals surface area contributed by atoms with Crippen molar-refractivity contribution < 1.29 is 9.53 Å². The molecule has 0 aromatic carbocycles. The number of hydrazine groups is 1. The van der Waals surface area contributed by atoms with Gasteiger partial charge in [0.15, 0.2) is 0 Å². The molecular weight excluding hydrogens is 196 g/mol. The fourth-order valence-corrected chi connectivity index (χ4v) is 1.30. The van der Waals surface area contributed by atoms with Crippen molar-refractivity contribution in [3.8, 4) is 0 Å². The van der Waals surface area contributed by atoms with Crippen LogP contribution in [-0.4, -0.2) is 47.2 Å². The SMILES string of the molecule is O=C(NN1CCOCC1)c1ccncn1. The molecule has 1 N–H and O–H groups in total. The molecule has 6 heteroatoms. The summed E-state index contributed by atoms with van der Waals surface area (Å²) in [5.74, 6) is -0.209. The zero-order valence-corrected chi connectivity index (χ0v) is 8.22. The van der Waals surface area contributed by atoms with Crippen molar-refractivity contribution >= 4 is 5.91 Å². The lowest BCUT2D eigenvalue weighted by Crippen LogP contribution is -2.48. The molecule has 1 amide bonds. The van der Waals surface area contributed by atoms with Crippen LogP contribution in [0.25, 0.3) is 0 Å². The first-order chi connectivity index (χ1) is 7.36. The van der Waals surface area contributed by atoms with Gasteiger partial charge in [0.2, 0.25) is 0 Å². The Hall–Kier alpha value is -1.53. The van der Waals surface area contributed by atoms with Gasteiger partial charge in [-0.15, -0.1) is 0 Å². The largest absolute Gasteiger partial charge is 0.379 e. The minimum absolute atomic E-state index is 0.209. The van der Waals surface area contributed by atoms with E-state index in [1.165, 1.54) is 6.33 Å². The molecule has 1 fully saturated rings. The van der Waals surface area contributed by atoms with Gasteiger partial charge in [0.1, 0.15) is 12.0 Å². The van der Waals surface area contributed by atoms with E-state index in [1.54, 1.807) is 12.3 Å². The molecule has 0 spiro atoms. The molecule has 0 bridgehead atoms. The van der Waals surface area contributed by atoms with Gasteiger partial charge >= 0.3 is 0 Å². The van der Waals surface area contributed by atoms with E-state index in [0.29, 0.717) is 32.0 Å². The highest BCUT2D eigenvalue weighted by Crippen LogP contribution is 1.95.